The van der Waals surface area contributed by atoms with Gasteiger partial charge in [-0.05, 0) is 32.0 Å². The SMILES string of the molecule is Cc1nn(C)c(C)c1C1COCCN1C(=O)c1cccc(C(=O)O)c1. The third-order valence-corrected chi connectivity index (χ3v) is 4.64. The van der Waals surface area contributed by atoms with E-state index in [0.29, 0.717) is 25.3 Å². The molecule has 3 rings (SSSR count). The molecule has 1 atom stereocenters. The number of carbonyl (C=O) groups excluding carboxylic acids is 1. The third kappa shape index (κ3) is 3.15. The molecule has 1 saturated heterocycles. The Morgan fingerprint density at radius 2 is 2.00 bits per heavy atom. The van der Waals surface area contributed by atoms with Crippen molar-refractivity contribution in [1.29, 1.82) is 0 Å². The number of hydrogen-bond acceptors (Lipinski definition) is 4. The fourth-order valence-corrected chi connectivity index (χ4v) is 3.31. The highest BCUT2D eigenvalue weighted by molar-refractivity contribution is 5.97. The molecule has 1 aliphatic rings. The van der Waals surface area contributed by atoms with Crippen LogP contribution in [0.1, 0.15) is 43.7 Å². The summed E-state index contributed by atoms with van der Waals surface area (Å²) >= 11 is 0. The first-order valence-corrected chi connectivity index (χ1v) is 8.12. The number of aromatic nitrogens is 2. The molecule has 2 aromatic rings. The quantitative estimate of drug-likeness (QED) is 0.921. The summed E-state index contributed by atoms with van der Waals surface area (Å²) in [5.74, 6) is -1.24. The molecule has 1 amide bonds. The smallest absolute Gasteiger partial charge is 0.335 e. The minimum Gasteiger partial charge on any atom is -0.478 e. The van der Waals surface area contributed by atoms with Gasteiger partial charge >= 0.3 is 5.97 Å². The van der Waals surface area contributed by atoms with Gasteiger partial charge in [-0.1, -0.05) is 6.07 Å². The second-order valence-corrected chi connectivity index (χ2v) is 6.18. The number of aryl methyl sites for hydroxylation is 2. The summed E-state index contributed by atoms with van der Waals surface area (Å²) in [5, 5.41) is 13.6. The van der Waals surface area contributed by atoms with Crippen LogP contribution in [-0.4, -0.2) is 51.4 Å². The maximum Gasteiger partial charge on any atom is 0.335 e. The Morgan fingerprint density at radius 3 is 2.64 bits per heavy atom. The maximum absolute atomic E-state index is 13.0. The minimum absolute atomic E-state index is 0.101. The fraction of sp³-hybridized carbons (Fsp3) is 0.389. The zero-order chi connectivity index (χ0) is 18.1. The highest BCUT2D eigenvalue weighted by atomic mass is 16.5. The normalized spacial score (nSPS) is 17.6. The number of benzene rings is 1. The van der Waals surface area contributed by atoms with Crippen LogP contribution in [0.3, 0.4) is 0 Å². The van der Waals surface area contributed by atoms with E-state index in [1.54, 1.807) is 21.7 Å². The van der Waals surface area contributed by atoms with Gasteiger partial charge in [-0.25, -0.2) is 4.79 Å². The number of nitrogens with zero attached hydrogens (tertiary/aromatic N) is 3. The molecular weight excluding hydrogens is 322 g/mol. The Labute approximate surface area is 145 Å². The van der Waals surface area contributed by atoms with Crippen molar-refractivity contribution in [1.82, 2.24) is 14.7 Å². The van der Waals surface area contributed by atoms with Crippen LogP contribution in [0.25, 0.3) is 0 Å². The predicted molar refractivity (Wildman–Crippen MR) is 90.7 cm³/mol. The highest BCUT2D eigenvalue weighted by Gasteiger charge is 2.33. The molecule has 25 heavy (non-hydrogen) atoms. The van der Waals surface area contributed by atoms with Crippen molar-refractivity contribution in [2.45, 2.75) is 19.9 Å². The summed E-state index contributed by atoms with van der Waals surface area (Å²) in [6.07, 6.45) is 0. The van der Waals surface area contributed by atoms with Gasteiger partial charge in [0.1, 0.15) is 0 Å². The summed E-state index contributed by atoms with van der Waals surface area (Å²) in [4.78, 5) is 26.0. The second kappa shape index (κ2) is 6.68. The molecule has 132 valence electrons. The summed E-state index contributed by atoms with van der Waals surface area (Å²) in [7, 11) is 1.87. The van der Waals surface area contributed by atoms with Crippen molar-refractivity contribution in [2.75, 3.05) is 19.8 Å². The standard InChI is InChI=1S/C18H21N3O4/c1-11-16(12(2)20(3)19-11)15-10-25-8-7-21(15)17(22)13-5-4-6-14(9-13)18(23)24/h4-6,9,15H,7-8,10H2,1-3H3,(H,23,24). The van der Waals surface area contributed by atoms with Gasteiger partial charge in [0, 0.05) is 30.4 Å². The van der Waals surface area contributed by atoms with Gasteiger partial charge in [0.25, 0.3) is 5.91 Å². The van der Waals surface area contributed by atoms with Crippen LogP contribution in [0, 0.1) is 13.8 Å². The third-order valence-electron chi connectivity index (χ3n) is 4.64. The Bertz CT molecular complexity index is 828. The van der Waals surface area contributed by atoms with E-state index in [1.807, 2.05) is 20.9 Å². The van der Waals surface area contributed by atoms with E-state index in [0.717, 1.165) is 17.0 Å². The Balaban J connectivity index is 1.97. The fourth-order valence-electron chi connectivity index (χ4n) is 3.31. The lowest BCUT2D eigenvalue weighted by Gasteiger charge is -2.36. The van der Waals surface area contributed by atoms with E-state index >= 15 is 0 Å². The Morgan fingerprint density at radius 1 is 1.28 bits per heavy atom. The lowest BCUT2D eigenvalue weighted by Crippen LogP contribution is -2.43. The molecule has 1 fully saturated rings. The van der Waals surface area contributed by atoms with Crippen LogP contribution in [-0.2, 0) is 11.8 Å². The lowest BCUT2D eigenvalue weighted by atomic mass is 10.0. The number of carboxylic acids is 1. The van der Waals surface area contributed by atoms with Crippen LogP contribution in [0.4, 0.5) is 0 Å². The molecule has 7 nitrogen and oxygen atoms in total. The van der Waals surface area contributed by atoms with Gasteiger partial charge in [0.2, 0.25) is 0 Å². The number of hydrogen-bond donors (Lipinski definition) is 1. The molecule has 1 unspecified atom stereocenters. The Kier molecular flexibility index (Phi) is 4.59. The highest BCUT2D eigenvalue weighted by Crippen LogP contribution is 2.30. The summed E-state index contributed by atoms with van der Waals surface area (Å²) in [6.45, 7) is 5.20. The number of morpholine rings is 1. The van der Waals surface area contributed by atoms with Crippen LogP contribution in [0.2, 0.25) is 0 Å². The predicted octanol–water partition coefficient (Wildman–Crippen LogP) is 1.95. The molecule has 0 radical (unpaired) electrons. The van der Waals surface area contributed by atoms with Crippen molar-refractivity contribution in [2.24, 2.45) is 7.05 Å². The van der Waals surface area contributed by atoms with Crippen LogP contribution < -0.4 is 0 Å². The molecule has 0 saturated carbocycles. The number of carboxylic acid groups (broad SMARTS) is 1. The van der Waals surface area contributed by atoms with E-state index in [1.165, 1.54) is 12.1 Å². The van der Waals surface area contributed by atoms with Gasteiger partial charge in [-0.3, -0.25) is 9.48 Å². The van der Waals surface area contributed by atoms with E-state index in [-0.39, 0.29) is 17.5 Å². The van der Waals surface area contributed by atoms with Gasteiger partial charge in [0.05, 0.1) is 30.5 Å². The first-order valence-electron chi connectivity index (χ1n) is 8.12. The lowest BCUT2D eigenvalue weighted by molar-refractivity contribution is -0.00305. The van der Waals surface area contributed by atoms with Crippen molar-refractivity contribution in [3.05, 3.63) is 52.3 Å². The topological polar surface area (TPSA) is 84.7 Å². The molecule has 1 aromatic heterocycles. The van der Waals surface area contributed by atoms with Gasteiger partial charge in [-0.2, -0.15) is 5.10 Å². The van der Waals surface area contributed by atoms with E-state index in [4.69, 9.17) is 9.84 Å². The monoisotopic (exact) mass is 343 g/mol. The summed E-state index contributed by atoms with van der Waals surface area (Å²) in [5.41, 5.74) is 3.32. The van der Waals surface area contributed by atoms with Gasteiger partial charge in [0.15, 0.2) is 0 Å². The van der Waals surface area contributed by atoms with Crippen LogP contribution in [0.15, 0.2) is 24.3 Å². The second-order valence-electron chi connectivity index (χ2n) is 6.18. The van der Waals surface area contributed by atoms with Gasteiger partial charge < -0.3 is 14.7 Å². The van der Waals surface area contributed by atoms with E-state index < -0.39 is 5.97 Å². The number of rotatable bonds is 3. The molecule has 1 aromatic carbocycles. The zero-order valence-corrected chi connectivity index (χ0v) is 14.5. The largest absolute Gasteiger partial charge is 0.478 e. The van der Waals surface area contributed by atoms with Crippen molar-refractivity contribution >= 4 is 11.9 Å². The first kappa shape index (κ1) is 17.2. The first-order chi connectivity index (χ1) is 11.9. The molecule has 0 spiro atoms. The number of carbonyl (C=O) groups is 2. The summed E-state index contributed by atoms with van der Waals surface area (Å²) < 4.78 is 7.41. The van der Waals surface area contributed by atoms with Crippen LogP contribution >= 0.6 is 0 Å². The van der Waals surface area contributed by atoms with Gasteiger partial charge in [-0.15, -0.1) is 0 Å². The maximum atomic E-state index is 13.0. The summed E-state index contributed by atoms with van der Waals surface area (Å²) in [6, 6.07) is 5.89. The average molecular weight is 343 g/mol. The van der Waals surface area contributed by atoms with E-state index in [9.17, 15) is 9.59 Å². The number of ether oxygens (including phenoxy) is 1. The minimum atomic E-state index is -1.05. The van der Waals surface area contributed by atoms with Crippen LogP contribution in [0.5, 0.6) is 0 Å². The molecular formula is C18H21N3O4. The van der Waals surface area contributed by atoms with Crippen molar-refractivity contribution < 1.29 is 19.4 Å². The number of amides is 1. The zero-order valence-electron chi connectivity index (χ0n) is 14.5. The molecule has 1 aliphatic heterocycles. The molecule has 1 N–H and O–H groups in total. The molecule has 7 heteroatoms. The average Bonchev–Trinajstić information content (AvgIpc) is 2.86. The van der Waals surface area contributed by atoms with E-state index in [2.05, 4.69) is 5.10 Å². The number of aromatic carboxylic acids is 1. The Hall–Kier alpha value is -2.67. The molecule has 0 aliphatic carbocycles. The van der Waals surface area contributed by atoms with Crippen molar-refractivity contribution in [3.8, 4) is 0 Å². The molecule has 2 heterocycles. The van der Waals surface area contributed by atoms with Crippen molar-refractivity contribution in [3.63, 3.8) is 0 Å². The molecule has 0 bridgehead atoms.